The number of anilines is 1. The standard InChI is InChI=1S/C16H11FN4OS/c17-13-6-12(18)1-2-15(13)22-16-5-10(11-7-20-23-9-11)8-21-14(16)3-4-19-21/h1-9H,18H2. The van der Waals surface area contributed by atoms with Crippen molar-refractivity contribution in [2.45, 2.75) is 0 Å². The fourth-order valence-electron chi connectivity index (χ4n) is 2.30. The molecule has 4 rings (SSSR count). The van der Waals surface area contributed by atoms with E-state index in [2.05, 4.69) is 9.47 Å². The first-order valence-electron chi connectivity index (χ1n) is 6.81. The highest BCUT2D eigenvalue weighted by atomic mass is 32.1. The Balaban J connectivity index is 1.83. The van der Waals surface area contributed by atoms with Crippen molar-refractivity contribution < 1.29 is 9.13 Å². The fourth-order valence-corrected chi connectivity index (χ4v) is 2.85. The van der Waals surface area contributed by atoms with Gasteiger partial charge in [0.25, 0.3) is 0 Å². The van der Waals surface area contributed by atoms with Crippen molar-refractivity contribution in [2.75, 3.05) is 5.73 Å². The van der Waals surface area contributed by atoms with Crippen LogP contribution in [0, 0.1) is 5.82 Å². The predicted molar refractivity (Wildman–Crippen MR) is 87.2 cm³/mol. The molecule has 3 heterocycles. The Morgan fingerprint density at radius 2 is 2.04 bits per heavy atom. The second-order valence-corrected chi connectivity index (χ2v) is 5.62. The number of aromatic nitrogens is 3. The van der Waals surface area contributed by atoms with Gasteiger partial charge in [0.1, 0.15) is 5.52 Å². The van der Waals surface area contributed by atoms with Crippen LogP contribution in [0.3, 0.4) is 0 Å². The highest BCUT2D eigenvalue weighted by Gasteiger charge is 2.12. The highest BCUT2D eigenvalue weighted by molar-refractivity contribution is 7.03. The number of nitrogens with two attached hydrogens (primary N) is 1. The van der Waals surface area contributed by atoms with Crippen molar-refractivity contribution in [3.8, 4) is 22.6 Å². The van der Waals surface area contributed by atoms with Crippen LogP contribution in [0.1, 0.15) is 0 Å². The molecule has 0 saturated heterocycles. The second-order valence-electron chi connectivity index (χ2n) is 4.96. The summed E-state index contributed by atoms with van der Waals surface area (Å²) >= 11 is 1.36. The summed E-state index contributed by atoms with van der Waals surface area (Å²) in [4.78, 5) is 0. The fraction of sp³-hybridized carbons (Fsp3) is 0. The van der Waals surface area contributed by atoms with E-state index < -0.39 is 5.82 Å². The van der Waals surface area contributed by atoms with E-state index >= 15 is 0 Å². The van der Waals surface area contributed by atoms with Crippen LogP contribution >= 0.6 is 11.5 Å². The van der Waals surface area contributed by atoms with Gasteiger partial charge in [0.2, 0.25) is 0 Å². The summed E-state index contributed by atoms with van der Waals surface area (Å²) in [7, 11) is 0. The number of benzene rings is 1. The van der Waals surface area contributed by atoms with Gasteiger partial charge < -0.3 is 10.5 Å². The van der Waals surface area contributed by atoms with Gasteiger partial charge in [0, 0.05) is 40.7 Å². The summed E-state index contributed by atoms with van der Waals surface area (Å²) < 4.78 is 25.6. The van der Waals surface area contributed by atoms with Gasteiger partial charge in [-0.25, -0.2) is 13.3 Å². The Bertz CT molecular complexity index is 981. The Morgan fingerprint density at radius 3 is 2.83 bits per heavy atom. The molecule has 23 heavy (non-hydrogen) atoms. The van der Waals surface area contributed by atoms with Crippen molar-refractivity contribution in [3.63, 3.8) is 0 Å². The van der Waals surface area contributed by atoms with Gasteiger partial charge >= 0.3 is 0 Å². The largest absolute Gasteiger partial charge is 0.452 e. The monoisotopic (exact) mass is 326 g/mol. The molecule has 0 radical (unpaired) electrons. The molecular formula is C16H11FN4OS. The summed E-state index contributed by atoms with van der Waals surface area (Å²) in [5.74, 6) is 0.114. The number of hydrogen-bond donors (Lipinski definition) is 1. The summed E-state index contributed by atoms with van der Waals surface area (Å²) in [5, 5.41) is 6.16. The Labute approximate surface area is 134 Å². The molecule has 0 unspecified atom stereocenters. The van der Waals surface area contributed by atoms with Crippen molar-refractivity contribution in [1.29, 1.82) is 0 Å². The number of ether oxygens (including phenoxy) is 1. The number of nitrogens with zero attached hydrogens (tertiary/aromatic N) is 3. The summed E-state index contributed by atoms with van der Waals surface area (Å²) in [5.41, 5.74) is 8.50. The normalized spacial score (nSPS) is 11.0. The maximum absolute atomic E-state index is 14.0. The number of pyridine rings is 1. The van der Waals surface area contributed by atoms with Crippen LogP contribution < -0.4 is 10.5 Å². The minimum absolute atomic E-state index is 0.114. The van der Waals surface area contributed by atoms with Crippen LogP contribution in [0.2, 0.25) is 0 Å². The van der Waals surface area contributed by atoms with Gasteiger partial charge in [-0.1, -0.05) is 0 Å². The van der Waals surface area contributed by atoms with E-state index in [1.807, 2.05) is 17.6 Å². The zero-order valence-electron chi connectivity index (χ0n) is 11.8. The van der Waals surface area contributed by atoms with E-state index in [4.69, 9.17) is 10.5 Å². The van der Waals surface area contributed by atoms with Gasteiger partial charge in [-0.15, -0.1) is 0 Å². The molecule has 3 aromatic heterocycles. The molecule has 114 valence electrons. The molecule has 0 amide bonds. The SMILES string of the molecule is Nc1ccc(Oc2cc(-c3cnsc3)cn3nccc23)c(F)c1. The van der Waals surface area contributed by atoms with Crippen molar-refractivity contribution in [1.82, 2.24) is 14.0 Å². The summed E-state index contributed by atoms with van der Waals surface area (Å²) in [6.45, 7) is 0. The third kappa shape index (κ3) is 2.51. The van der Waals surface area contributed by atoms with Crippen molar-refractivity contribution in [3.05, 3.63) is 60.1 Å². The lowest BCUT2D eigenvalue weighted by molar-refractivity contribution is 0.445. The Kier molecular flexibility index (Phi) is 3.20. The van der Waals surface area contributed by atoms with E-state index in [0.717, 1.165) is 16.6 Å². The number of rotatable bonds is 3. The molecule has 5 nitrogen and oxygen atoms in total. The first-order chi connectivity index (χ1) is 11.2. The molecular weight excluding hydrogens is 315 g/mol. The van der Waals surface area contributed by atoms with E-state index in [-0.39, 0.29) is 5.75 Å². The van der Waals surface area contributed by atoms with Gasteiger partial charge in [-0.2, -0.15) is 5.10 Å². The van der Waals surface area contributed by atoms with Crippen LogP contribution in [-0.2, 0) is 0 Å². The van der Waals surface area contributed by atoms with Crippen molar-refractivity contribution >= 4 is 22.7 Å². The number of nitrogen functional groups attached to an aromatic ring is 1. The van der Waals surface area contributed by atoms with Gasteiger partial charge in [-0.05, 0) is 35.8 Å². The van der Waals surface area contributed by atoms with Crippen LogP contribution in [0.4, 0.5) is 10.1 Å². The Morgan fingerprint density at radius 1 is 1.13 bits per heavy atom. The van der Waals surface area contributed by atoms with Gasteiger partial charge in [0.05, 0.1) is 6.20 Å². The second kappa shape index (κ2) is 5.36. The molecule has 2 N–H and O–H groups in total. The topological polar surface area (TPSA) is 65.4 Å². The van der Waals surface area contributed by atoms with Gasteiger partial charge in [0.15, 0.2) is 17.3 Å². The lowest BCUT2D eigenvalue weighted by Gasteiger charge is -2.10. The molecule has 0 bridgehead atoms. The number of hydrogen-bond acceptors (Lipinski definition) is 5. The lowest BCUT2D eigenvalue weighted by Crippen LogP contribution is -1.95. The third-order valence-corrected chi connectivity index (χ3v) is 4.00. The minimum atomic E-state index is -0.509. The molecule has 0 saturated carbocycles. The molecule has 0 fully saturated rings. The molecule has 0 spiro atoms. The Hall–Kier alpha value is -2.93. The summed E-state index contributed by atoms with van der Waals surface area (Å²) in [6, 6.07) is 7.99. The third-order valence-electron chi connectivity index (χ3n) is 3.41. The molecule has 7 heteroatoms. The average Bonchev–Trinajstić information content (AvgIpc) is 3.20. The number of fused-ring (bicyclic) bond motifs is 1. The van der Waals surface area contributed by atoms with Crippen LogP contribution in [-0.4, -0.2) is 14.0 Å². The summed E-state index contributed by atoms with van der Waals surface area (Å²) in [6.07, 6.45) is 5.31. The maximum atomic E-state index is 14.0. The molecule has 1 aromatic carbocycles. The van der Waals surface area contributed by atoms with Crippen LogP contribution in [0.15, 0.2) is 54.3 Å². The molecule has 0 atom stereocenters. The molecule has 0 aliphatic rings. The number of halogens is 1. The highest BCUT2D eigenvalue weighted by Crippen LogP contribution is 2.33. The van der Waals surface area contributed by atoms with E-state index in [1.54, 1.807) is 29.0 Å². The first-order valence-corrected chi connectivity index (χ1v) is 7.64. The van der Waals surface area contributed by atoms with Crippen LogP contribution in [0.5, 0.6) is 11.5 Å². The van der Waals surface area contributed by atoms with Crippen molar-refractivity contribution in [2.24, 2.45) is 0 Å². The minimum Gasteiger partial charge on any atom is -0.452 e. The van der Waals surface area contributed by atoms with Gasteiger partial charge in [-0.3, -0.25) is 0 Å². The quantitative estimate of drug-likeness (QED) is 0.579. The van der Waals surface area contributed by atoms with E-state index in [0.29, 0.717) is 11.4 Å². The molecule has 4 aromatic rings. The lowest BCUT2D eigenvalue weighted by atomic mass is 10.1. The maximum Gasteiger partial charge on any atom is 0.167 e. The zero-order chi connectivity index (χ0) is 15.8. The van der Waals surface area contributed by atoms with Crippen LogP contribution in [0.25, 0.3) is 16.6 Å². The van der Waals surface area contributed by atoms with E-state index in [9.17, 15) is 4.39 Å². The molecule has 0 aliphatic heterocycles. The predicted octanol–water partition coefficient (Wildman–Crippen LogP) is 3.97. The zero-order valence-corrected chi connectivity index (χ0v) is 12.6. The average molecular weight is 326 g/mol. The van der Waals surface area contributed by atoms with E-state index in [1.165, 1.54) is 23.7 Å². The smallest absolute Gasteiger partial charge is 0.167 e. The molecule has 0 aliphatic carbocycles. The first kappa shape index (κ1) is 13.7.